The van der Waals surface area contributed by atoms with Crippen LogP contribution in [0.1, 0.15) is 0 Å². The van der Waals surface area contributed by atoms with Crippen LogP contribution in [0.4, 0.5) is 0 Å². The van der Waals surface area contributed by atoms with Gasteiger partial charge in [-0.2, -0.15) is 0 Å². The lowest BCUT2D eigenvalue weighted by atomic mass is 10.0. The van der Waals surface area contributed by atoms with E-state index in [2.05, 4.69) is 6.07 Å². The molecule has 2 aromatic carbocycles. The van der Waals surface area contributed by atoms with E-state index < -0.39 is 0 Å². The Labute approximate surface area is 97.9 Å². The zero-order chi connectivity index (χ0) is 10.8. The van der Waals surface area contributed by atoms with Crippen molar-refractivity contribution >= 4 is 23.2 Å². The van der Waals surface area contributed by atoms with E-state index in [0.717, 1.165) is 0 Å². The molecule has 0 spiro atoms. The van der Waals surface area contributed by atoms with Gasteiger partial charge in [0.2, 0.25) is 0 Å². The molecule has 1 nitrogen and oxygen atoms in total. The lowest BCUT2D eigenvalue weighted by Crippen LogP contribution is -1.82. The maximum atomic E-state index is 9.66. The van der Waals surface area contributed by atoms with E-state index in [0.29, 0.717) is 21.2 Å². The third kappa shape index (κ3) is 1.94. The summed E-state index contributed by atoms with van der Waals surface area (Å²) in [6.07, 6.45) is 0. The van der Waals surface area contributed by atoms with Crippen LogP contribution >= 0.6 is 23.2 Å². The molecule has 0 aliphatic rings. The molecule has 0 aromatic heterocycles. The summed E-state index contributed by atoms with van der Waals surface area (Å²) >= 11 is 12.1. The predicted octanol–water partition coefficient (Wildman–Crippen LogP) is 4.17. The molecule has 0 fully saturated rings. The lowest BCUT2D eigenvalue weighted by molar-refractivity contribution is 0.477. The van der Waals surface area contributed by atoms with Gasteiger partial charge >= 0.3 is 0 Å². The van der Waals surface area contributed by atoms with Crippen molar-refractivity contribution in [3.63, 3.8) is 0 Å². The molecule has 0 saturated carbocycles. The molecule has 0 atom stereocenters. The zero-order valence-corrected chi connectivity index (χ0v) is 9.18. The number of aromatic hydroxyl groups is 1. The Hall–Kier alpha value is -1.18. The second kappa shape index (κ2) is 4.13. The Morgan fingerprint density at radius 3 is 2.33 bits per heavy atom. The third-order valence-corrected chi connectivity index (χ3v) is 2.70. The molecule has 0 heterocycles. The van der Waals surface area contributed by atoms with Gasteiger partial charge in [-0.05, 0) is 30.3 Å². The molecule has 0 aliphatic heterocycles. The molecule has 15 heavy (non-hydrogen) atoms. The highest BCUT2D eigenvalue weighted by atomic mass is 35.5. The normalized spacial score (nSPS) is 10.3. The summed E-state index contributed by atoms with van der Waals surface area (Å²) < 4.78 is 0. The Balaban J connectivity index is 2.69. The van der Waals surface area contributed by atoms with Crippen molar-refractivity contribution in [1.29, 1.82) is 0 Å². The molecule has 3 heteroatoms. The van der Waals surface area contributed by atoms with E-state index in [1.807, 2.05) is 0 Å². The summed E-state index contributed by atoms with van der Waals surface area (Å²) in [4.78, 5) is 0. The maximum absolute atomic E-state index is 9.66. The summed E-state index contributed by atoms with van der Waals surface area (Å²) in [6.45, 7) is 0. The predicted molar refractivity (Wildman–Crippen MR) is 62.4 cm³/mol. The zero-order valence-electron chi connectivity index (χ0n) is 7.67. The van der Waals surface area contributed by atoms with Crippen LogP contribution in [0.2, 0.25) is 10.0 Å². The molecule has 2 aromatic rings. The van der Waals surface area contributed by atoms with Crippen molar-refractivity contribution in [2.75, 3.05) is 0 Å². The molecule has 75 valence electrons. The molecular formula is C12H7Cl2O. The monoisotopic (exact) mass is 237 g/mol. The van der Waals surface area contributed by atoms with Crippen LogP contribution in [-0.4, -0.2) is 5.11 Å². The topological polar surface area (TPSA) is 20.2 Å². The van der Waals surface area contributed by atoms with Gasteiger partial charge in [0.05, 0.1) is 10.0 Å². The number of phenolic OH excluding ortho intramolecular Hbond substituents is 1. The average Bonchev–Trinajstić information content (AvgIpc) is 2.20. The molecular weight excluding hydrogens is 231 g/mol. The first-order valence-electron chi connectivity index (χ1n) is 4.33. The van der Waals surface area contributed by atoms with E-state index in [1.54, 1.807) is 30.3 Å². The van der Waals surface area contributed by atoms with Crippen LogP contribution in [0.3, 0.4) is 0 Å². The Kier molecular flexibility index (Phi) is 2.85. The first kappa shape index (κ1) is 10.3. The summed E-state index contributed by atoms with van der Waals surface area (Å²) in [6, 6.07) is 12.9. The van der Waals surface area contributed by atoms with Gasteiger partial charge in [0.15, 0.2) is 0 Å². The van der Waals surface area contributed by atoms with Gasteiger partial charge in [-0.3, -0.25) is 0 Å². The number of hydrogen-bond donors (Lipinski definition) is 1. The van der Waals surface area contributed by atoms with Crippen molar-refractivity contribution < 1.29 is 5.11 Å². The van der Waals surface area contributed by atoms with E-state index in [4.69, 9.17) is 23.2 Å². The van der Waals surface area contributed by atoms with Crippen LogP contribution in [-0.2, 0) is 0 Å². The van der Waals surface area contributed by atoms with Gasteiger partial charge in [-0.15, -0.1) is 0 Å². The van der Waals surface area contributed by atoms with Gasteiger partial charge in [0.1, 0.15) is 5.75 Å². The third-order valence-electron chi connectivity index (χ3n) is 2.07. The van der Waals surface area contributed by atoms with Crippen LogP contribution in [0.5, 0.6) is 5.75 Å². The summed E-state index contributed by atoms with van der Waals surface area (Å²) in [7, 11) is 0. The Bertz CT molecular complexity index is 474. The van der Waals surface area contributed by atoms with Crippen molar-refractivity contribution in [3.05, 3.63) is 52.5 Å². The number of hydrogen-bond acceptors (Lipinski definition) is 1. The van der Waals surface area contributed by atoms with Crippen LogP contribution in [0.25, 0.3) is 11.1 Å². The Morgan fingerprint density at radius 1 is 1.07 bits per heavy atom. The molecule has 1 N–H and O–H groups in total. The van der Waals surface area contributed by atoms with E-state index in [-0.39, 0.29) is 5.75 Å². The summed E-state index contributed by atoms with van der Waals surface area (Å²) in [5.41, 5.74) is 1.26. The minimum atomic E-state index is 0.118. The minimum absolute atomic E-state index is 0.118. The van der Waals surface area contributed by atoms with Crippen molar-refractivity contribution in [2.45, 2.75) is 0 Å². The van der Waals surface area contributed by atoms with E-state index in [9.17, 15) is 5.11 Å². The second-order valence-corrected chi connectivity index (χ2v) is 3.85. The molecule has 0 bridgehead atoms. The lowest BCUT2D eigenvalue weighted by Gasteiger charge is -2.08. The number of phenols is 1. The fourth-order valence-electron chi connectivity index (χ4n) is 1.39. The fourth-order valence-corrected chi connectivity index (χ4v) is 1.99. The van der Waals surface area contributed by atoms with Gasteiger partial charge in [0, 0.05) is 11.1 Å². The molecule has 0 unspecified atom stereocenters. The van der Waals surface area contributed by atoms with Gasteiger partial charge in [-0.25, -0.2) is 0 Å². The van der Waals surface area contributed by atoms with E-state index in [1.165, 1.54) is 6.07 Å². The molecule has 2 rings (SSSR count). The highest BCUT2D eigenvalue weighted by molar-refractivity contribution is 6.39. The Morgan fingerprint density at radius 2 is 1.73 bits per heavy atom. The standard InChI is InChI=1S/C12H7Cl2O/c13-9-5-3-6-10(14)12(9)8-4-1-2-7-11(8)15/h1,3-7,15H. The van der Waals surface area contributed by atoms with Gasteiger partial charge < -0.3 is 5.11 Å². The summed E-state index contributed by atoms with van der Waals surface area (Å²) in [5, 5.41) is 10.7. The number of benzene rings is 2. The van der Waals surface area contributed by atoms with E-state index >= 15 is 0 Å². The maximum Gasteiger partial charge on any atom is 0.124 e. The highest BCUT2D eigenvalue weighted by Gasteiger charge is 2.10. The largest absolute Gasteiger partial charge is 0.507 e. The SMILES string of the molecule is Oc1c[c]ccc1-c1c(Cl)cccc1Cl. The number of halogens is 2. The second-order valence-electron chi connectivity index (χ2n) is 3.04. The quantitative estimate of drug-likeness (QED) is 0.790. The number of rotatable bonds is 1. The van der Waals surface area contributed by atoms with Crippen LogP contribution < -0.4 is 0 Å². The highest BCUT2D eigenvalue weighted by Crippen LogP contribution is 2.38. The minimum Gasteiger partial charge on any atom is -0.507 e. The smallest absolute Gasteiger partial charge is 0.124 e. The van der Waals surface area contributed by atoms with Crippen LogP contribution in [0.15, 0.2) is 36.4 Å². The summed E-state index contributed by atoms with van der Waals surface area (Å²) in [5.74, 6) is 0.118. The van der Waals surface area contributed by atoms with Crippen LogP contribution in [0, 0.1) is 6.07 Å². The van der Waals surface area contributed by atoms with Crippen molar-refractivity contribution in [3.8, 4) is 16.9 Å². The first-order chi connectivity index (χ1) is 7.20. The first-order valence-corrected chi connectivity index (χ1v) is 5.09. The molecule has 0 saturated heterocycles. The molecule has 1 radical (unpaired) electrons. The van der Waals surface area contributed by atoms with Gasteiger partial charge in [-0.1, -0.05) is 35.3 Å². The van der Waals surface area contributed by atoms with Crippen molar-refractivity contribution in [2.24, 2.45) is 0 Å². The van der Waals surface area contributed by atoms with Gasteiger partial charge in [0.25, 0.3) is 0 Å². The molecule has 0 aliphatic carbocycles. The fraction of sp³-hybridized carbons (Fsp3) is 0. The van der Waals surface area contributed by atoms with Crippen molar-refractivity contribution in [1.82, 2.24) is 0 Å². The molecule has 0 amide bonds. The average molecular weight is 238 g/mol.